The maximum atomic E-state index is 12.0. The molecule has 0 aliphatic rings. The molecule has 0 saturated carbocycles. The highest BCUT2D eigenvalue weighted by Gasteiger charge is 2.12. The number of nitrogens with one attached hydrogen (secondary N) is 1. The van der Waals surface area contributed by atoms with Crippen molar-refractivity contribution in [2.24, 2.45) is 0 Å². The van der Waals surface area contributed by atoms with E-state index in [1.807, 2.05) is 54.8 Å². The standard InChI is InChI=1S/C19H20N2O2S/c1-2-19-21-16(12-24-19)10-18(23)20-11-17(22)15-8-7-13-5-3-4-6-14(13)9-15/h3-9,12,17,22H,2,10-11H2,1H3,(H,20,23)/t17-/m1/s1. The molecule has 0 unspecified atom stereocenters. The number of nitrogens with zero attached hydrogens (tertiary/aromatic N) is 1. The Kier molecular flexibility index (Phi) is 5.23. The summed E-state index contributed by atoms with van der Waals surface area (Å²) in [6, 6.07) is 13.8. The van der Waals surface area contributed by atoms with Crippen molar-refractivity contribution in [3.8, 4) is 0 Å². The summed E-state index contributed by atoms with van der Waals surface area (Å²) in [4.78, 5) is 16.4. The van der Waals surface area contributed by atoms with Gasteiger partial charge < -0.3 is 10.4 Å². The zero-order chi connectivity index (χ0) is 16.9. The Morgan fingerprint density at radius 1 is 1.25 bits per heavy atom. The molecule has 0 spiro atoms. The summed E-state index contributed by atoms with van der Waals surface area (Å²) in [7, 11) is 0. The number of amides is 1. The lowest BCUT2D eigenvalue weighted by Gasteiger charge is -2.13. The molecule has 2 aromatic carbocycles. The summed E-state index contributed by atoms with van der Waals surface area (Å²) in [5, 5.41) is 18.3. The van der Waals surface area contributed by atoms with Crippen LogP contribution < -0.4 is 5.32 Å². The van der Waals surface area contributed by atoms with E-state index in [4.69, 9.17) is 0 Å². The number of aliphatic hydroxyl groups excluding tert-OH is 1. The molecule has 3 aromatic rings. The number of fused-ring (bicyclic) bond motifs is 1. The Hall–Kier alpha value is -2.24. The van der Waals surface area contributed by atoms with Crippen molar-refractivity contribution in [2.75, 3.05) is 6.54 Å². The maximum Gasteiger partial charge on any atom is 0.226 e. The number of rotatable bonds is 6. The fourth-order valence-corrected chi connectivity index (χ4v) is 3.31. The second kappa shape index (κ2) is 7.55. The van der Waals surface area contributed by atoms with Gasteiger partial charge in [-0.1, -0.05) is 43.3 Å². The van der Waals surface area contributed by atoms with Crippen LogP contribution in [0.4, 0.5) is 0 Å². The van der Waals surface area contributed by atoms with Crippen LogP contribution in [0.25, 0.3) is 10.8 Å². The first kappa shape index (κ1) is 16.6. The summed E-state index contributed by atoms with van der Waals surface area (Å²) in [5.41, 5.74) is 1.59. The van der Waals surface area contributed by atoms with Crippen LogP contribution in [0.5, 0.6) is 0 Å². The molecule has 0 radical (unpaired) electrons. The Labute approximate surface area is 145 Å². The average Bonchev–Trinajstić information content (AvgIpc) is 3.06. The van der Waals surface area contributed by atoms with Crippen LogP contribution in [-0.4, -0.2) is 22.5 Å². The van der Waals surface area contributed by atoms with Crippen molar-refractivity contribution >= 4 is 28.0 Å². The molecule has 1 heterocycles. The SMILES string of the molecule is CCc1nc(CC(=O)NC[C@@H](O)c2ccc3ccccc3c2)cs1. The molecule has 0 bridgehead atoms. The van der Waals surface area contributed by atoms with Crippen LogP contribution in [0, 0.1) is 0 Å². The summed E-state index contributed by atoms with van der Waals surface area (Å²) in [6.07, 6.45) is 0.411. The van der Waals surface area contributed by atoms with Gasteiger partial charge in [0.25, 0.3) is 0 Å². The van der Waals surface area contributed by atoms with E-state index in [0.717, 1.165) is 33.5 Å². The van der Waals surface area contributed by atoms with Gasteiger partial charge in [-0.05, 0) is 28.8 Å². The van der Waals surface area contributed by atoms with Gasteiger partial charge in [0.2, 0.25) is 5.91 Å². The molecule has 0 saturated heterocycles. The van der Waals surface area contributed by atoms with Gasteiger partial charge in [0.1, 0.15) is 0 Å². The highest BCUT2D eigenvalue weighted by Crippen LogP contribution is 2.20. The van der Waals surface area contributed by atoms with Crippen LogP contribution in [0.15, 0.2) is 47.8 Å². The quantitative estimate of drug-likeness (QED) is 0.724. The van der Waals surface area contributed by atoms with E-state index in [9.17, 15) is 9.90 Å². The van der Waals surface area contributed by atoms with Crippen molar-refractivity contribution in [3.05, 3.63) is 64.1 Å². The van der Waals surface area contributed by atoms with E-state index in [2.05, 4.69) is 10.3 Å². The largest absolute Gasteiger partial charge is 0.387 e. The molecule has 0 aliphatic heterocycles. The van der Waals surface area contributed by atoms with Gasteiger partial charge in [-0.15, -0.1) is 11.3 Å². The van der Waals surface area contributed by atoms with Gasteiger partial charge in [0, 0.05) is 11.9 Å². The molecule has 0 fully saturated rings. The van der Waals surface area contributed by atoms with Gasteiger partial charge in [0.05, 0.1) is 23.2 Å². The summed E-state index contributed by atoms with van der Waals surface area (Å²) in [5.74, 6) is -0.122. The molecule has 4 nitrogen and oxygen atoms in total. The zero-order valence-corrected chi connectivity index (χ0v) is 14.3. The highest BCUT2D eigenvalue weighted by molar-refractivity contribution is 7.09. The number of hydrogen-bond acceptors (Lipinski definition) is 4. The molecular weight excluding hydrogens is 320 g/mol. The third kappa shape index (κ3) is 3.99. The van der Waals surface area contributed by atoms with E-state index in [1.54, 1.807) is 11.3 Å². The van der Waals surface area contributed by atoms with E-state index >= 15 is 0 Å². The molecule has 124 valence electrons. The van der Waals surface area contributed by atoms with Crippen LogP contribution in [-0.2, 0) is 17.6 Å². The lowest BCUT2D eigenvalue weighted by molar-refractivity contribution is -0.120. The average molecular weight is 340 g/mol. The second-order valence-electron chi connectivity index (χ2n) is 5.69. The van der Waals surface area contributed by atoms with Crippen LogP contribution in [0.2, 0.25) is 0 Å². The van der Waals surface area contributed by atoms with Crippen molar-refractivity contribution in [3.63, 3.8) is 0 Å². The number of carbonyl (C=O) groups is 1. The second-order valence-corrected chi connectivity index (χ2v) is 6.63. The lowest BCUT2D eigenvalue weighted by atomic mass is 10.0. The first-order valence-electron chi connectivity index (χ1n) is 8.02. The monoisotopic (exact) mass is 340 g/mol. The molecule has 1 amide bonds. The van der Waals surface area contributed by atoms with Crippen LogP contribution in [0.3, 0.4) is 0 Å². The molecule has 1 aromatic heterocycles. The van der Waals surface area contributed by atoms with Gasteiger partial charge in [-0.2, -0.15) is 0 Å². The number of benzene rings is 2. The molecule has 24 heavy (non-hydrogen) atoms. The topological polar surface area (TPSA) is 62.2 Å². The maximum absolute atomic E-state index is 12.0. The Balaban J connectivity index is 1.57. The predicted molar refractivity (Wildman–Crippen MR) is 97.1 cm³/mol. The Morgan fingerprint density at radius 2 is 2.04 bits per heavy atom. The lowest BCUT2D eigenvalue weighted by Crippen LogP contribution is -2.29. The van der Waals surface area contributed by atoms with Crippen molar-refractivity contribution in [2.45, 2.75) is 25.9 Å². The summed E-state index contributed by atoms with van der Waals surface area (Å²) in [6.45, 7) is 2.24. The smallest absolute Gasteiger partial charge is 0.226 e. The normalized spacial score (nSPS) is 12.2. The third-order valence-electron chi connectivity index (χ3n) is 3.89. The van der Waals surface area contributed by atoms with E-state index in [-0.39, 0.29) is 18.9 Å². The van der Waals surface area contributed by atoms with Gasteiger partial charge in [0.15, 0.2) is 0 Å². The fraction of sp³-hybridized carbons (Fsp3) is 0.263. The Morgan fingerprint density at radius 3 is 2.79 bits per heavy atom. The van der Waals surface area contributed by atoms with Crippen molar-refractivity contribution < 1.29 is 9.90 Å². The minimum absolute atomic E-state index is 0.122. The molecule has 5 heteroatoms. The first-order valence-corrected chi connectivity index (χ1v) is 8.90. The van der Waals surface area contributed by atoms with E-state index in [0.29, 0.717) is 0 Å². The minimum Gasteiger partial charge on any atom is -0.387 e. The van der Waals surface area contributed by atoms with Crippen LogP contribution >= 0.6 is 11.3 Å². The molecule has 0 aliphatic carbocycles. The fourth-order valence-electron chi connectivity index (χ4n) is 2.56. The Bertz CT molecular complexity index is 844. The van der Waals surface area contributed by atoms with Gasteiger partial charge in [-0.25, -0.2) is 4.98 Å². The summed E-state index contributed by atoms with van der Waals surface area (Å²) >= 11 is 1.57. The highest BCUT2D eigenvalue weighted by atomic mass is 32.1. The van der Waals surface area contributed by atoms with Crippen molar-refractivity contribution in [1.29, 1.82) is 0 Å². The zero-order valence-electron chi connectivity index (χ0n) is 13.5. The number of aryl methyl sites for hydroxylation is 1. The third-order valence-corrected chi connectivity index (χ3v) is 4.94. The van der Waals surface area contributed by atoms with Gasteiger partial charge >= 0.3 is 0 Å². The number of hydrogen-bond donors (Lipinski definition) is 2. The number of aliphatic hydroxyl groups is 1. The van der Waals surface area contributed by atoms with E-state index < -0.39 is 6.10 Å². The number of aromatic nitrogens is 1. The molecule has 2 N–H and O–H groups in total. The van der Waals surface area contributed by atoms with E-state index in [1.165, 1.54) is 0 Å². The predicted octanol–water partition coefficient (Wildman–Crippen LogP) is 3.25. The molecule has 1 atom stereocenters. The summed E-state index contributed by atoms with van der Waals surface area (Å²) < 4.78 is 0. The van der Waals surface area contributed by atoms with Crippen LogP contribution in [0.1, 0.15) is 29.3 Å². The number of thiazole rings is 1. The molecule has 3 rings (SSSR count). The molecular formula is C19H20N2O2S. The first-order chi connectivity index (χ1) is 11.7. The van der Waals surface area contributed by atoms with Gasteiger partial charge in [-0.3, -0.25) is 4.79 Å². The number of carbonyl (C=O) groups excluding carboxylic acids is 1. The van der Waals surface area contributed by atoms with Crippen molar-refractivity contribution in [1.82, 2.24) is 10.3 Å². The minimum atomic E-state index is -0.722.